The summed E-state index contributed by atoms with van der Waals surface area (Å²) < 4.78 is 0. The molecule has 1 rings (SSSR count). The lowest BCUT2D eigenvalue weighted by Crippen LogP contribution is -2.61. The number of primary amides is 4. The molecule has 93 heavy (non-hydrogen) atoms. The molecule has 37 nitrogen and oxygen atoms in total. The normalized spacial score (nSPS) is 16.3. The largest absolute Gasteiger partial charge is 0.480 e. The van der Waals surface area contributed by atoms with Gasteiger partial charge in [-0.25, -0.2) is 4.79 Å². The van der Waals surface area contributed by atoms with Crippen molar-refractivity contribution in [2.45, 2.75) is 222 Å². The van der Waals surface area contributed by atoms with E-state index >= 15 is 0 Å². The van der Waals surface area contributed by atoms with E-state index in [2.05, 4.69) is 53.2 Å². The molecule has 1 heterocycles. The molecule has 0 unspecified atom stereocenters. The molecule has 12 atom stereocenters. The molecule has 1 saturated heterocycles. The highest BCUT2D eigenvalue weighted by atomic mass is 16.4. The van der Waals surface area contributed by atoms with Gasteiger partial charge < -0.3 is 114 Å². The van der Waals surface area contributed by atoms with Crippen molar-refractivity contribution in [1.29, 1.82) is 5.41 Å². The van der Waals surface area contributed by atoms with Crippen molar-refractivity contribution in [3.8, 4) is 0 Å². The maximum Gasteiger partial charge on any atom is 0.328 e. The average molecular weight is 1330 g/mol. The Kier molecular flexibility index (Phi) is 38.1. The topological polar surface area (TPSA) is 652 Å². The number of unbranched alkanes of at least 4 members (excludes halogenated alkanes) is 2. The Morgan fingerprint density at radius 3 is 1.12 bits per heavy atom. The predicted molar refractivity (Wildman–Crippen MR) is 333 cm³/mol. The van der Waals surface area contributed by atoms with Gasteiger partial charge in [0.1, 0.15) is 54.4 Å². The minimum absolute atomic E-state index is 0.0129. The number of carbonyl (C=O) groups excluding carboxylic acids is 14. The van der Waals surface area contributed by atoms with Crippen molar-refractivity contribution in [3.05, 3.63) is 0 Å². The van der Waals surface area contributed by atoms with Crippen LogP contribution in [0.1, 0.15) is 150 Å². The molecular weight excluding hydrogens is 1220 g/mol. The van der Waals surface area contributed by atoms with E-state index in [1.54, 1.807) is 0 Å². The Morgan fingerprint density at radius 1 is 0.473 bits per heavy atom. The van der Waals surface area contributed by atoms with Gasteiger partial charge in [-0.1, -0.05) is 13.8 Å². The highest BCUT2D eigenvalue weighted by molar-refractivity contribution is 5.99. The van der Waals surface area contributed by atoms with Crippen LogP contribution in [-0.4, -0.2) is 208 Å². The molecule has 0 radical (unpaired) electrons. The Hall–Kier alpha value is -8.84. The van der Waals surface area contributed by atoms with Crippen LogP contribution >= 0.6 is 0 Å². The van der Waals surface area contributed by atoms with Crippen LogP contribution in [0, 0.1) is 11.3 Å². The zero-order valence-electron chi connectivity index (χ0n) is 53.4. The summed E-state index contributed by atoms with van der Waals surface area (Å²) in [6.45, 7) is 6.49. The van der Waals surface area contributed by atoms with Gasteiger partial charge in [0.25, 0.3) is 0 Å². The second kappa shape index (κ2) is 43.1. The van der Waals surface area contributed by atoms with E-state index < -0.39 is 219 Å². The number of rotatable bonds is 47. The quantitative estimate of drug-likeness (QED) is 0.0153. The molecule has 0 aromatic carbocycles. The van der Waals surface area contributed by atoms with Crippen LogP contribution < -0.4 is 99.0 Å². The zero-order valence-corrected chi connectivity index (χ0v) is 53.4. The number of carboxylic acids is 1. The fraction of sp³-hybridized carbons (Fsp3) is 0.714. The van der Waals surface area contributed by atoms with E-state index in [1.807, 2.05) is 13.8 Å². The van der Waals surface area contributed by atoms with E-state index in [-0.39, 0.29) is 83.5 Å². The number of aliphatic hydroxyl groups is 1. The molecule has 1 fully saturated rings. The molecule has 1 aliphatic heterocycles. The van der Waals surface area contributed by atoms with Crippen LogP contribution in [0.5, 0.6) is 0 Å². The number of nitrogens with two attached hydrogens (primary N) is 8. The van der Waals surface area contributed by atoms with Crippen LogP contribution in [-0.2, 0) is 71.9 Å². The number of nitrogens with one attached hydrogen (secondary N) is 11. The van der Waals surface area contributed by atoms with Crippen molar-refractivity contribution in [1.82, 2.24) is 58.1 Å². The third-order valence-corrected chi connectivity index (χ3v) is 14.6. The third kappa shape index (κ3) is 32.3. The molecule has 29 N–H and O–H groups in total. The van der Waals surface area contributed by atoms with E-state index in [9.17, 15) is 82.1 Å². The fourth-order valence-corrected chi connectivity index (χ4v) is 9.59. The summed E-state index contributed by atoms with van der Waals surface area (Å²) in [6, 6.07) is -16.4. The number of carbonyl (C=O) groups is 15. The van der Waals surface area contributed by atoms with Crippen molar-refractivity contribution in [3.63, 3.8) is 0 Å². The summed E-state index contributed by atoms with van der Waals surface area (Å²) in [5, 5.41) is 51.8. The number of hydrogen-bond acceptors (Lipinski definition) is 20. The summed E-state index contributed by atoms with van der Waals surface area (Å²) in [6.07, 6.45) is -4.46. The first-order chi connectivity index (χ1) is 43.6. The van der Waals surface area contributed by atoms with Crippen LogP contribution in [0.15, 0.2) is 0 Å². The monoisotopic (exact) mass is 1320 g/mol. The Bertz CT molecular complexity index is 2590. The second-order valence-electron chi connectivity index (χ2n) is 23.2. The standard InChI is InChI=1S/C56H100N20O17/c1-28(2)27-38(74-45(82)29(3)59)54(91)76-26-10-14-39(76)53(90)73-36(17-21-42(62)80)51(88)69-33(13-9-25-66-56(64)65)48(85)71-34(15-19-40(60)78)49(86)68-31(11-5-7-23-57)46(83)67-32(12-6-8-24-58)47(84)70-35(16-20-41(61)79)50(87)72-37(18-22-43(63)81)52(89)75-44(30(4)77)55(92)93/h28-39,44,77H,5-27,57-59H2,1-4H3,(H2,60,78)(H2,61,79)(H2,62,80)(H2,63,81)(H,67,83)(H,68,86)(H,69,88)(H,70,84)(H,71,85)(H,72,87)(H,73,90)(H,74,82)(H,75,89)(H,92,93)(H4,64,65,66)/t29-,30+,31-,32-,33-,34-,35-,36-,37-,38-,39-,44-/m0/s1. The molecule has 0 aromatic heterocycles. The number of aliphatic hydroxyl groups excluding tert-OH is 1. The van der Waals surface area contributed by atoms with Gasteiger partial charge in [-0.05, 0) is 129 Å². The number of likely N-dealkylation sites (tertiary alicyclic amines) is 1. The lowest BCUT2D eigenvalue weighted by molar-refractivity contribution is -0.145. The average Bonchev–Trinajstić information content (AvgIpc) is 1.78. The summed E-state index contributed by atoms with van der Waals surface area (Å²) in [7, 11) is 0. The number of amides is 14. The maximum absolute atomic E-state index is 14.5. The van der Waals surface area contributed by atoms with E-state index in [4.69, 9.17) is 51.3 Å². The van der Waals surface area contributed by atoms with Crippen molar-refractivity contribution >= 4 is 94.6 Å². The number of hydrogen-bond donors (Lipinski definition) is 21. The Morgan fingerprint density at radius 2 is 0.806 bits per heavy atom. The highest BCUT2D eigenvalue weighted by Gasteiger charge is 2.41. The molecule has 1 aliphatic rings. The summed E-state index contributed by atoms with van der Waals surface area (Å²) in [5.74, 6) is -15.4. The first-order valence-electron chi connectivity index (χ1n) is 31.0. The van der Waals surface area contributed by atoms with Crippen molar-refractivity contribution in [2.75, 3.05) is 26.2 Å². The van der Waals surface area contributed by atoms with Crippen LogP contribution in [0.3, 0.4) is 0 Å². The van der Waals surface area contributed by atoms with E-state index in [0.717, 1.165) is 6.92 Å². The first-order valence-corrected chi connectivity index (χ1v) is 31.0. The van der Waals surface area contributed by atoms with E-state index in [0.29, 0.717) is 19.3 Å². The van der Waals surface area contributed by atoms with Gasteiger partial charge in [0.2, 0.25) is 82.7 Å². The predicted octanol–water partition coefficient (Wildman–Crippen LogP) is -8.22. The van der Waals surface area contributed by atoms with Gasteiger partial charge in [-0.3, -0.25) is 72.5 Å². The third-order valence-electron chi connectivity index (χ3n) is 14.6. The molecule has 0 spiro atoms. The smallest absolute Gasteiger partial charge is 0.328 e. The van der Waals surface area contributed by atoms with Gasteiger partial charge >= 0.3 is 5.97 Å². The Labute approximate surface area is 538 Å². The summed E-state index contributed by atoms with van der Waals surface area (Å²) >= 11 is 0. The van der Waals surface area contributed by atoms with E-state index in [1.165, 1.54) is 11.8 Å². The highest BCUT2D eigenvalue weighted by Crippen LogP contribution is 2.22. The second-order valence-corrected chi connectivity index (χ2v) is 23.2. The fourth-order valence-electron chi connectivity index (χ4n) is 9.59. The molecule has 0 saturated carbocycles. The SMILES string of the molecule is CC(C)C[C@H](NC(=O)[C@H](C)N)C(=O)N1CCC[C@H]1C(=O)N[C@@H](CCC(N)=O)C(=O)N[C@@H](CCCNC(=N)N)C(=O)N[C@@H](CCC(N)=O)C(=O)N[C@@H](CCCCN)C(=O)N[C@@H](CCCCN)C(=O)N[C@@H](CCC(N)=O)C(=O)N[C@@H](CCC(N)=O)C(=O)N[C@H](C(=O)O)[C@@H](C)O. The minimum atomic E-state index is -1.87. The molecule has 37 heteroatoms. The van der Waals surface area contributed by atoms with Crippen LogP contribution in [0.2, 0.25) is 0 Å². The number of aliphatic carboxylic acids is 1. The molecule has 0 bridgehead atoms. The lowest BCUT2D eigenvalue weighted by Gasteiger charge is -2.31. The molecule has 0 aliphatic carbocycles. The number of guanidine groups is 1. The van der Waals surface area contributed by atoms with Gasteiger partial charge in [-0.15, -0.1) is 0 Å². The summed E-state index contributed by atoms with van der Waals surface area (Å²) in [4.78, 5) is 201. The van der Waals surface area contributed by atoms with Gasteiger partial charge in [0.15, 0.2) is 12.0 Å². The van der Waals surface area contributed by atoms with Crippen LogP contribution in [0.4, 0.5) is 0 Å². The maximum atomic E-state index is 14.5. The lowest BCUT2D eigenvalue weighted by atomic mass is 10.0. The van der Waals surface area contributed by atoms with Gasteiger partial charge in [0, 0.05) is 38.8 Å². The van der Waals surface area contributed by atoms with Gasteiger partial charge in [0.05, 0.1) is 12.1 Å². The van der Waals surface area contributed by atoms with Crippen LogP contribution in [0.25, 0.3) is 0 Å². The zero-order chi connectivity index (χ0) is 70.7. The minimum Gasteiger partial charge on any atom is -0.480 e. The first kappa shape index (κ1) is 82.2. The molecule has 0 aromatic rings. The molecular formula is C56H100N20O17. The number of nitrogens with zero attached hydrogens (tertiary/aromatic N) is 1. The molecule has 14 amide bonds. The molecule has 526 valence electrons. The number of carboxylic acid groups (broad SMARTS) is 1. The summed E-state index contributed by atoms with van der Waals surface area (Å²) in [5.41, 5.74) is 44.4. The van der Waals surface area contributed by atoms with Gasteiger partial charge in [-0.2, -0.15) is 0 Å². The van der Waals surface area contributed by atoms with Crippen molar-refractivity contribution in [2.24, 2.45) is 51.8 Å². The Balaban J connectivity index is 3.75. The van der Waals surface area contributed by atoms with Crippen molar-refractivity contribution < 1.29 is 82.1 Å².